The first-order chi connectivity index (χ1) is 10.3. The average Bonchev–Trinajstić information content (AvgIpc) is 3.33. The van der Waals surface area contributed by atoms with E-state index in [0.29, 0.717) is 25.8 Å². The van der Waals surface area contributed by atoms with Crippen LogP contribution < -0.4 is 5.32 Å². The Kier molecular flexibility index (Phi) is 4.63. The monoisotopic (exact) mass is 295 g/mol. The van der Waals surface area contributed by atoms with Crippen LogP contribution in [0.25, 0.3) is 0 Å². The van der Waals surface area contributed by atoms with Crippen LogP contribution in [0.5, 0.6) is 0 Å². The molecule has 0 aromatic rings. The number of carbonyl (C=O) groups is 2. The van der Waals surface area contributed by atoms with Crippen molar-refractivity contribution in [2.75, 3.05) is 32.8 Å². The Hall–Kier alpha value is -1.30. The van der Waals surface area contributed by atoms with Gasteiger partial charge in [0.25, 0.3) is 0 Å². The summed E-state index contributed by atoms with van der Waals surface area (Å²) >= 11 is 0. The topological polar surface area (TPSA) is 61.9 Å². The van der Waals surface area contributed by atoms with E-state index in [1.807, 2.05) is 4.90 Å². The Labute approximate surface area is 125 Å². The third-order valence-corrected chi connectivity index (χ3v) is 4.48. The molecule has 3 fully saturated rings. The van der Waals surface area contributed by atoms with Crippen molar-refractivity contribution in [3.63, 3.8) is 0 Å². The molecule has 1 atom stereocenters. The lowest BCUT2D eigenvalue weighted by Gasteiger charge is -2.37. The zero-order valence-corrected chi connectivity index (χ0v) is 12.6. The summed E-state index contributed by atoms with van der Waals surface area (Å²) in [5.41, 5.74) is 0. The molecule has 1 unspecified atom stereocenters. The van der Waals surface area contributed by atoms with E-state index in [2.05, 4.69) is 5.32 Å². The van der Waals surface area contributed by atoms with E-state index in [0.717, 1.165) is 38.8 Å². The van der Waals surface area contributed by atoms with Crippen LogP contribution in [0.1, 0.15) is 38.5 Å². The zero-order valence-electron chi connectivity index (χ0n) is 12.6. The molecule has 0 radical (unpaired) electrons. The quantitative estimate of drug-likeness (QED) is 0.825. The first-order valence-electron chi connectivity index (χ1n) is 8.19. The Bertz CT molecular complexity index is 390. The molecule has 6 heteroatoms. The van der Waals surface area contributed by atoms with Crippen LogP contribution in [0.4, 0.5) is 4.79 Å². The third kappa shape index (κ3) is 3.67. The number of rotatable bonds is 2. The minimum Gasteiger partial charge on any atom is -0.377 e. The first-order valence-corrected chi connectivity index (χ1v) is 8.19. The molecular formula is C15H25N3O3. The van der Waals surface area contributed by atoms with E-state index >= 15 is 0 Å². The Morgan fingerprint density at radius 1 is 1.00 bits per heavy atom. The number of likely N-dealkylation sites (tertiary alicyclic amines) is 1. The molecule has 0 aromatic carbocycles. The number of nitrogens with one attached hydrogen (secondary N) is 1. The molecule has 6 nitrogen and oxygen atoms in total. The number of hydrogen-bond acceptors (Lipinski definition) is 3. The van der Waals surface area contributed by atoms with Gasteiger partial charge < -0.3 is 19.9 Å². The molecule has 3 amide bonds. The highest BCUT2D eigenvalue weighted by Crippen LogP contribution is 2.20. The van der Waals surface area contributed by atoms with E-state index in [9.17, 15) is 9.59 Å². The van der Waals surface area contributed by atoms with Crippen molar-refractivity contribution < 1.29 is 14.3 Å². The number of hydrogen-bond donors (Lipinski definition) is 1. The van der Waals surface area contributed by atoms with Gasteiger partial charge in [-0.2, -0.15) is 0 Å². The van der Waals surface area contributed by atoms with Crippen LogP contribution in [0.2, 0.25) is 0 Å². The maximum atomic E-state index is 12.7. The molecule has 0 aromatic heterocycles. The lowest BCUT2D eigenvalue weighted by molar-refractivity contribution is -0.130. The largest absolute Gasteiger partial charge is 0.377 e. The van der Waals surface area contributed by atoms with E-state index in [4.69, 9.17) is 4.74 Å². The van der Waals surface area contributed by atoms with Gasteiger partial charge in [0.05, 0.1) is 13.2 Å². The number of nitrogens with zero attached hydrogens (tertiary/aromatic N) is 2. The molecule has 2 aliphatic heterocycles. The first kappa shape index (κ1) is 14.6. The second kappa shape index (κ2) is 6.64. The predicted octanol–water partition coefficient (Wildman–Crippen LogP) is 0.962. The minimum absolute atomic E-state index is 0.0103. The second-order valence-corrected chi connectivity index (χ2v) is 6.25. The Balaban J connectivity index is 1.64. The lowest BCUT2D eigenvalue weighted by atomic mass is 10.2. The smallest absolute Gasteiger partial charge is 0.320 e. The second-order valence-electron chi connectivity index (χ2n) is 6.25. The van der Waals surface area contributed by atoms with E-state index in [-0.39, 0.29) is 11.9 Å². The van der Waals surface area contributed by atoms with Crippen molar-refractivity contribution in [3.05, 3.63) is 0 Å². The van der Waals surface area contributed by atoms with Crippen molar-refractivity contribution in [2.45, 2.75) is 50.6 Å². The average molecular weight is 295 g/mol. The molecule has 0 spiro atoms. The van der Waals surface area contributed by atoms with Crippen molar-refractivity contribution in [2.24, 2.45) is 0 Å². The van der Waals surface area contributed by atoms with Gasteiger partial charge >= 0.3 is 6.03 Å². The molecule has 2 heterocycles. The zero-order chi connectivity index (χ0) is 14.7. The summed E-state index contributed by atoms with van der Waals surface area (Å²) in [6.07, 6.45) is 6.62. The van der Waals surface area contributed by atoms with E-state index in [1.165, 1.54) is 12.8 Å². The summed E-state index contributed by atoms with van der Waals surface area (Å²) in [6.45, 7) is 2.98. The summed E-state index contributed by atoms with van der Waals surface area (Å²) in [5, 5.41) is 2.99. The number of ether oxygens (including phenoxy) is 1. The molecule has 21 heavy (non-hydrogen) atoms. The van der Waals surface area contributed by atoms with Crippen LogP contribution in [-0.2, 0) is 9.53 Å². The maximum absolute atomic E-state index is 12.7. The van der Waals surface area contributed by atoms with Crippen molar-refractivity contribution in [1.29, 1.82) is 0 Å². The van der Waals surface area contributed by atoms with E-state index < -0.39 is 6.04 Å². The Morgan fingerprint density at radius 2 is 1.71 bits per heavy atom. The van der Waals surface area contributed by atoms with Gasteiger partial charge in [-0.15, -0.1) is 0 Å². The molecule has 1 aliphatic carbocycles. The SMILES string of the molecule is O=C(NC1CC1)C1COCCN1C(=O)N1CCCCCC1. The molecule has 0 bridgehead atoms. The summed E-state index contributed by atoms with van der Waals surface area (Å²) in [7, 11) is 0. The highest BCUT2D eigenvalue weighted by molar-refractivity contribution is 5.87. The van der Waals surface area contributed by atoms with Gasteiger partial charge in [0.2, 0.25) is 5.91 Å². The summed E-state index contributed by atoms with van der Waals surface area (Å²) < 4.78 is 5.42. The van der Waals surface area contributed by atoms with Gasteiger partial charge in [-0.05, 0) is 25.7 Å². The van der Waals surface area contributed by atoms with Gasteiger partial charge in [-0.1, -0.05) is 12.8 Å². The van der Waals surface area contributed by atoms with Crippen LogP contribution >= 0.6 is 0 Å². The molecule has 3 aliphatic rings. The minimum atomic E-state index is -0.463. The molecular weight excluding hydrogens is 270 g/mol. The van der Waals surface area contributed by atoms with Gasteiger partial charge in [-0.3, -0.25) is 4.79 Å². The predicted molar refractivity (Wildman–Crippen MR) is 77.9 cm³/mol. The Morgan fingerprint density at radius 3 is 2.38 bits per heavy atom. The van der Waals surface area contributed by atoms with Crippen LogP contribution in [0.3, 0.4) is 0 Å². The van der Waals surface area contributed by atoms with E-state index in [1.54, 1.807) is 4.90 Å². The summed E-state index contributed by atoms with van der Waals surface area (Å²) in [5.74, 6) is -0.0552. The molecule has 2 saturated heterocycles. The highest BCUT2D eigenvalue weighted by Gasteiger charge is 2.37. The standard InChI is InChI=1S/C15H25N3O3/c19-14(16-12-5-6-12)13-11-21-10-9-18(13)15(20)17-7-3-1-2-4-8-17/h12-13H,1-11H2,(H,16,19). The van der Waals surface area contributed by atoms with Crippen molar-refractivity contribution >= 4 is 11.9 Å². The fraction of sp³-hybridized carbons (Fsp3) is 0.867. The fourth-order valence-electron chi connectivity index (χ4n) is 3.02. The summed E-state index contributed by atoms with van der Waals surface area (Å²) in [6, 6.07) is -0.138. The number of urea groups is 1. The van der Waals surface area contributed by atoms with Crippen LogP contribution in [-0.4, -0.2) is 66.7 Å². The normalized spacial score (nSPS) is 27.1. The molecule has 118 valence electrons. The maximum Gasteiger partial charge on any atom is 0.320 e. The fourth-order valence-corrected chi connectivity index (χ4v) is 3.02. The summed E-state index contributed by atoms with van der Waals surface area (Å²) in [4.78, 5) is 28.7. The van der Waals surface area contributed by atoms with Crippen LogP contribution in [0, 0.1) is 0 Å². The molecule has 1 saturated carbocycles. The third-order valence-electron chi connectivity index (χ3n) is 4.48. The van der Waals surface area contributed by atoms with Crippen molar-refractivity contribution in [1.82, 2.24) is 15.1 Å². The highest BCUT2D eigenvalue weighted by atomic mass is 16.5. The van der Waals surface area contributed by atoms with Gasteiger partial charge in [0.1, 0.15) is 6.04 Å². The molecule has 1 N–H and O–H groups in total. The lowest BCUT2D eigenvalue weighted by Crippen LogP contribution is -2.59. The van der Waals surface area contributed by atoms with Gasteiger partial charge in [0, 0.05) is 25.7 Å². The number of amides is 3. The van der Waals surface area contributed by atoms with Crippen molar-refractivity contribution in [3.8, 4) is 0 Å². The molecule has 3 rings (SSSR count). The van der Waals surface area contributed by atoms with Gasteiger partial charge in [0.15, 0.2) is 0 Å². The van der Waals surface area contributed by atoms with Crippen LogP contribution in [0.15, 0.2) is 0 Å². The van der Waals surface area contributed by atoms with Gasteiger partial charge in [-0.25, -0.2) is 4.79 Å². The number of morpholine rings is 1. The number of carbonyl (C=O) groups excluding carboxylic acids is 2.